The van der Waals surface area contributed by atoms with Gasteiger partial charge in [-0.25, -0.2) is 9.18 Å². The number of hydrogen-bond donors (Lipinski definition) is 0. The zero-order chi connectivity index (χ0) is 12.1. The summed E-state index contributed by atoms with van der Waals surface area (Å²) in [6, 6.07) is 4.41. The van der Waals surface area contributed by atoms with Crippen LogP contribution < -0.4 is 4.74 Å². The van der Waals surface area contributed by atoms with Crippen LogP contribution in [0.4, 0.5) is 4.39 Å². The second-order valence-electron chi connectivity index (χ2n) is 3.00. The van der Waals surface area contributed by atoms with E-state index in [0.717, 1.165) is 0 Å². The molecule has 0 fully saturated rings. The fraction of sp³-hybridized carbons (Fsp3) is 0.364. The van der Waals surface area contributed by atoms with Crippen LogP contribution in [0, 0.1) is 0 Å². The van der Waals surface area contributed by atoms with Crippen LogP contribution >= 0.6 is 11.6 Å². The molecule has 1 unspecified atom stereocenters. The standard InChI is InChI=1S/C11H12ClFO3/c1-3-16-11(14)10(13)8-6-7(12)4-5-9(8)15-2/h4-6,10H,3H2,1-2H3. The van der Waals surface area contributed by atoms with Gasteiger partial charge in [-0.1, -0.05) is 11.6 Å². The molecule has 5 heteroatoms. The van der Waals surface area contributed by atoms with Crippen molar-refractivity contribution in [1.82, 2.24) is 0 Å². The lowest BCUT2D eigenvalue weighted by Crippen LogP contribution is -2.12. The van der Waals surface area contributed by atoms with E-state index in [1.54, 1.807) is 13.0 Å². The fourth-order valence-electron chi connectivity index (χ4n) is 1.25. The first kappa shape index (κ1) is 12.8. The topological polar surface area (TPSA) is 35.5 Å². The third kappa shape index (κ3) is 2.85. The highest BCUT2D eigenvalue weighted by molar-refractivity contribution is 6.30. The molecule has 1 aromatic rings. The number of rotatable bonds is 4. The van der Waals surface area contributed by atoms with Crippen molar-refractivity contribution in [2.45, 2.75) is 13.1 Å². The van der Waals surface area contributed by atoms with Gasteiger partial charge in [-0.3, -0.25) is 0 Å². The van der Waals surface area contributed by atoms with Crippen LogP contribution in [-0.2, 0) is 9.53 Å². The number of esters is 1. The van der Waals surface area contributed by atoms with Crippen LogP contribution in [0.3, 0.4) is 0 Å². The van der Waals surface area contributed by atoms with E-state index in [4.69, 9.17) is 16.3 Å². The van der Waals surface area contributed by atoms with E-state index >= 15 is 0 Å². The summed E-state index contributed by atoms with van der Waals surface area (Å²) in [4.78, 5) is 11.2. The number of ether oxygens (including phenoxy) is 2. The Bertz CT molecular complexity index is 381. The third-order valence-corrected chi connectivity index (χ3v) is 2.19. The first-order valence-electron chi connectivity index (χ1n) is 4.74. The molecule has 1 aromatic carbocycles. The Balaban J connectivity index is 3.01. The second kappa shape index (κ2) is 5.70. The number of benzene rings is 1. The fourth-order valence-corrected chi connectivity index (χ4v) is 1.43. The van der Waals surface area contributed by atoms with Gasteiger partial charge in [-0.2, -0.15) is 0 Å². The number of carbonyl (C=O) groups excluding carboxylic acids is 1. The lowest BCUT2D eigenvalue weighted by Gasteiger charge is -2.12. The largest absolute Gasteiger partial charge is 0.496 e. The summed E-state index contributed by atoms with van der Waals surface area (Å²) in [6.07, 6.45) is -1.88. The molecule has 1 rings (SSSR count). The molecule has 0 aliphatic carbocycles. The molecule has 0 saturated heterocycles. The number of carbonyl (C=O) groups is 1. The maximum absolute atomic E-state index is 13.7. The minimum absolute atomic E-state index is 0.0773. The van der Waals surface area contributed by atoms with Crippen LogP contribution in [-0.4, -0.2) is 19.7 Å². The lowest BCUT2D eigenvalue weighted by atomic mass is 10.1. The minimum Gasteiger partial charge on any atom is -0.496 e. The zero-order valence-electron chi connectivity index (χ0n) is 9.00. The van der Waals surface area contributed by atoms with Gasteiger partial charge in [-0.15, -0.1) is 0 Å². The summed E-state index contributed by atoms with van der Waals surface area (Å²) in [7, 11) is 1.39. The average Bonchev–Trinajstić information content (AvgIpc) is 2.28. The van der Waals surface area contributed by atoms with E-state index in [-0.39, 0.29) is 17.9 Å². The molecule has 0 aromatic heterocycles. The van der Waals surface area contributed by atoms with Gasteiger partial charge >= 0.3 is 5.97 Å². The highest BCUT2D eigenvalue weighted by atomic mass is 35.5. The third-order valence-electron chi connectivity index (χ3n) is 1.96. The van der Waals surface area contributed by atoms with Crippen molar-refractivity contribution in [2.75, 3.05) is 13.7 Å². The van der Waals surface area contributed by atoms with Crippen molar-refractivity contribution in [3.8, 4) is 5.75 Å². The van der Waals surface area contributed by atoms with Crippen LogP contribution in [0.5, 0.6) is 5.75 Å². The Morgan fingerprint density at radius 1 is 1.56 bits per heavy atom. The van der Waals surface area contributed by atoms with Gasteiger partial charge in [0.15, 0.2) is 0 Å². The molecule has 0 amide bonds. The van der Waals surface area contributed by atoms with Gasteiger partial charge in [-0.05, 0) is 25.1 Å². The van der Waals surface area contributed by atoms with E-state index in [9.17, 15) is 9.18 Å². The molecule has 1 atom stereocenters. The van der Waals surface area contributed by atoms with Crippen molar-refractivity contribution < 1.29 is 18.7 Å². The van der Waals surface area contributed by atoms with Gasteiger partial charge in [0.1, 0.15) is 5.75 Å². The van der Waals surface area contributed by atoms with Gasteiger partial charge in [0.25, 0.3) is 0 Å². The van der Waals surface area contributed by atoms with Gasteiger partial charge < -0.3 is 9.47 Å². The highest BCUT2D eigenvalue weighted by Crippen LogP contribution is 2.31. The van der Waals surface area contributed by atoms with Crippen LogP contribution in [0.15, 0.2) is 18.2 Å². The maximum atomic E-state index is 13.7. The summed E-state index contributed by atoms with van der Waals surface area (Å²) in [5.74, 6) is -0.673. The minimum atomic E-state index is -1.88. The highest BCUT2D eigenvalue weighted by Gasteiger charge is 2.24. The van der Waals surface area contributed by atoms with Crippen LogP contribution in [0.25, 0.3) is 0 Å². The monoisotopic (exact) mass is 246 g/mol. The molecule has 0 saturated carbocycles. The van der Waals surface area contributed by atoms with Gasteiger partial charge in [0, 0.05) is 10.6 Å². The van der Waals surface area contributed by atoms with Crippen molar-refractivity contribution in [3.05, 3.63) is 28.8 Å². The first-order valence-corrected chi connectivity index (χ1v) is 5.12. The van der Waals surface area contributed by atoms with Gasteiger partial charge in [0.2, 0.25) is 6.17 Å². The van der Waals surface area contributed by atoms with E-state index in [2.05, 4.69) is 4.74 Å². The lowest BCUT2D eigenvalue weighted by molar-refractivity contribution is -0.149. The summed E-state index contributed by atoms with van der Waals surface area (Å²) >= 11 is 5.73. The molecular weight excluding hydrogens is 235 g/mol. The van der Waals surface area contributed by atoms with E-state index < -0.39 is 12.1 Å². The Morgan fingerprint density at radius 3 is 2.81 bits per heavy atom. The Labute approximate surface area is 98.1 Å². The smallest absolute Gasteiger partial charge is 0.345 e. The van der Waals surface area contributed by atoms with Crippen molar-refractivity contribution >= 4 is 17.6 Å². The molecule has 0 bridgehead atoms. The molecule has 0 N–H and O–H groups in total. The molecule has 88 valence electrons. The van der Waals surface area contributed by atoms with E-state index in [1.807, 2.05) is 0 Å². The van der Waals surface area contributed by atoms with E-state index in [1.165, 1.54) is 19.2 Å². The van der Waals surface area contributed by atoms with E-state index in [0.29, 0.717) is 5.02 Å². The second-order valence-corrected chi connectivity index (χ2v) is 3.44. The molecule has 0 aliphatic rings. The predicted octanol–water partition coefficient (Wildman–Crippen LogP) is 2.92. The molecule has 16 heavy (non-hydrogen) atoms. The Morgan fingerprint density at radius 2 is 2.25 bits per heavy atom. The van der Waals surface area contributed by atoms with Crippen molar-refractivity contribution in [2.24, 2.45) is 0 Å². The molecule has 3 nitrogen and oxygen atoms in total. The van der Waals surface area contributed by atoms with Crippen molar-refractivity contribution in [1.29, 1.82) is 0 Å². The average molecular weight is 247 g/mol. The maximum Gasteiger partial charge on any atom is 0.345 e. The van der Waals surface area contributed by atoms with Crippen LogP contribution in [0.2, 0.25) is 5.02 Å². The summed E-state index contributed by atoms with van der Waals surface area (Å²) < 4.78 is 23.3. The number of alkyl halides is 1. The summed E-state index contributed by atoms with van der Waals surface area (Å²) in [5, 5.41) is 0.336. The molecule has 0 aliphatic heterocycles. The predicted molar refractivity (Wildman–Crippen MR) is 58.5 cm³/mol. The Kier molecular flexibility index (Phi) is 4.55. The zero-order valence-corrected chi connectivity index (χ0v) is 9.75. The number of halogens is 2. The molecule has 0 radical (unpaired) electrons. The molecular formula is C11H12ClFO3. The van der Waals surface area contributed by atoms with Crippen molar-refractivity contribution in [3.63, 3.8) is 0 Å². The van der Waals surface area contributed by atoms with Gasteiger partial charge in [0.05, 0.1) is 13.7 Å². The Hall–Kier alpha value is -1.29. The summed E-state index contributed by atoms with van der Waals surface area (Å²) in [6.45, 7) is 1.74. The first-order chi connectivity index (χ1) is 7.60. The molecule has 0 heterocycles. The van der Waals surface area contributed by atoms with Crippen LogP contribution in [0.1, 0.15) is 18.7 Å². The molecule has 0 spiro atoms. The number of methoxy groups -OCH3 is 1. The number of hydrogen-bond acceptors (Lipinski definition) is 3. The summed E-state index contributed by atoms with van der Waals surface area (Å²) in [5.41, 5.74) is 0.0773. The SMILES string of the molecule is CCOC(=O)C(F)c1cc(Cl)ccc1OC. The normalized spacial score (nSPS) is 12.0. The quantitative estimate of drug-likeness (QED) is 0.767.